The number of nitrogens with zero attached hydrogens (tertiary/aromatic N) is 8. The highest BCUT2D eigenvalue weighted by molar-refractivity contribution is 8.00. The quantitative estimate of drug-likeness (QED) is 0.108. The molecule has 2 aliphatic rings. The molecule has 0 aliphatic carbocycles. The fourth-order valence-corrected chi connectivity index (χ4v) is 6.58. The number of hydrogen-bond acceptors (Lipinski definition) is 14. The Hall–Kier alpha value is -3.43. The maximum atomic E-state index is 12.9. The van der Waals surface area contributed by atoms with E-state index in [1.165, 1.54) is 28.5 Å². The lowest BCUT2D eigenvalue weighted by molar-refractivity contribution is -0.157. The second-order valence-electron chi connectivity index (χ2n) is 7.39. The second kappa shape index (κ2) is 10.1. The van der Waals surface area contributed by atoms with Crippen LogP contribution in [0.25, 0.3) is 0 Å². The third-order valence-corrected chi connectivity index (χ3v) is 8.53. The number of nitrogens with two attached hydrogens (primary N) is 1. The fourth-order valence-electron chi connectivity index (χ4n) is 3.41. The van der Waals surface area contributed by atoms with Crippen LogP contribution >= 0.6 is 35.1 Å². The Bertz CT molecular complexity index is 1230. The maximum absolute atomic E-state index is 12.9. The molecule has 35 heavy (non-hydrogen) atoms. The van der Waals surface area contributed by atoms with Gasteiger partial charge in [-0.2, -0.15) is 9.36 Å². The van der Waals surface area contributed by atoms with Gasteiger partial charge in [-0.1, -0.05) is 22.8 Å². The molecule has 2 saturated heterocycles. The molecule has 2 aliphatic heterocycles. The van der Waals surface area contributed by atoms with Crippen LogP contribution < -0.4 is 11.1 Å². The van der Waals surface area contributed by atoms with Crippen LogP contribution in [0.15, 0.2) is 10.3 Å². The predicted octanol–water partition coefficient (Wildman–Crippen LogP) is -1.65. The topological polar surface area (TPSA) is 204 Å². The number of β-lactam (4-membered cyclic amide) rings is 1. The summed E-state index contributed by atoms with van der Waals surface area (Å²) in [5, 5.41) is 27.6. The number of hydrogen-bond donors (Lipinski definition) is 3. The first kappa shape index (κ1) is 24.7. The van der Waals surface area contributed by atoms with Gasteiger partial charge >= 0.3 is 5.97 Å². The summed E-state index contributed by atoms with van der Waals surface area (Å²) in [4.78, 5) is 47.9. The van der Waals surface area contributed by atoms with E-state index in [1.807, 2.05) is 0 Å². The number of aliphatic carboxylic acids is 1. The van der Waals surface area contributed by atoms with Crippen LogP contribution in [0, 0.1) is 17.8 Å². The molecule has 18 heteroatoms. The minimum absolute atomic E-state index is 0.0270. The Morgan fingerprint density at radius 2 is 2.31 bits per heavy atom. The highest BCUT2D eigenvalue weighted by atomic mass is 32.2. The van der Waals surface area contributed by atoms with Crippen molar-refractivity contribution in [2.24, 2.45) is 10.6 Å². The van der Waals surface area contributed by atoms with Gasteiger partial charge in [0.15, 0.2) is 5.13 Å². The molecule has 3 atom stereocenters. The van der Waals surface area contributed by atoms with Crippen molar-refractivity contribution in [3.05, 3.63) is 5.82 Å². The molecule has 4 heterocycles. The fraction of sp³-hybridized carbons (Fsp3) is 0.471. The summed E-state index contributed by atoms with van der Waals surface area (Å²) in [7, 11) is 1.25. The summed E-state index contributed by atoms with van der Waals surface area (Å²) in [6, 6.07) is -0.868. The number of carboxylic acids is 1. The van der Waals surface area contributed by atoms with E-state index in [0.717, 1.165) is 23.3 Å². The van der Waals surface area contributed by atoms with Gasteiger partial charge in [-0.05, 0) is 10.4 Å². The number of anilines is 1. The third kappa shape index (κ3) is 4.74. The van der Waals surface area contributed by atoms with Gasteiger partial charge in [-0.25, -0.2) is 4.68 Å². The first-order chi connectivity index (χ1) is 16.8. The monoisotopic (exact) mass is 538 g/mol. The molecule has 4 rings (SSSR count). The molecular weight excluding hydrogens is 520 g/mol. The molecule has 4 N–H and O–H groups in total. The van der Waals surface area contributed by atoms with E-state index in [4.69, 9.17) is 17.0 Å². The molecule has 2 unspecified atom stereocenters. The van der Waals surface area contributed by atoms with Gasteiger partial charge in [0.25, 0.3) is 5.91 Å². The third-order valence-electron chi connectivity index (χ3n) is 5.15. The van der Waals surface area contributed by atoms with Crippen LogP contribution in [0.3, 0.4) is 0 Å². The Labute approximate surface area is 210 Å². The molecule has 0 spiro atoms. The number of terminal acetylenes is 1. The summed E-state index contributed by atoms with van der Waals surface area (Å²) in [5.74, 6) is 0.552. The number of thioether (sulfide) groups is 2. The van der Waals surface area contributed by atoms with E-state index in [0.29, 0.717) is 5.16 Å². The Morgan fingerprint density at radius 3 is 2.97 bits per heavy atom. The lowest BCUT2D eigenvalue weighted by Crippen LogP contribution is -2.74. The highest BCUT2D eigenvalue weighted by Crippen LogP contribution is 2.44. The van der Waals surface area contributed by atoms with Gasteiger partial charge in [0.2, 0.25) is 22.6 Å². The van der Waals surface area contributed by atoms with E-state index >= 15 is 0 Å². The summed E-state index contributed by atoms with van der Waals surface area (Å²) < 4.78 is 5.34. The van der Waals surface area contributed by atoms with Crippen LogP contribution in [0.5, 0.6) is 0 Å². The molecule has 0 saturated carbocycles. The number of carboxylic acid groups (broad SMARTS) is 1. The maximum Gasteiger partial charge on any atom is 0.313 e. The number of nitrogens with one attached hydrogen (secondary N) is 1. The largest absolute Gasteiger partial charge is 0.481 e. The van der Waals surface area contributed by atoms with Crippen molar-refractivity contribution >= 4 is 63.7 Å². The number of carbonyl (C=O) groups is 3. The Kier molecular flexibility index (Phi) is 7.09. The smallest absolute Gasteiger partial charge is 0.313 e. The molecular formula is C17H18N10O5S3. The van der Waals surface area contributed by atoms with Crippen LogP contribution in [0.2, 0.25) is 0 Å². The molecule has 184 valence electrons. The summed E-state index contributed by atoms with van der Waals surface area (Å²) >= 11 is 3.30. The number of amides is 2. The van der Waals surface area contributed by atoms with Gasteiger partial charge in [-0.15, -0.1) is 23.3 Å². The number of tetrazole rings is 1. The van der Waals surface area contributed by atoms with Gasteiger partial charge < -0.3 is 25.9 Å². The Morgan fingerprint density at radius 1 is 1.51 bits per heavy atom. The summed E-state index contributed by atoms with van der Waals surface area (Å²) in [6.45, 7) is 0.119. The molecule has 2 fully saturated rings. The molecule has 0 radical (unpaired) electrons. The first-order valence-electron chi connectivity index (χ1n) is 9.79. The number of fused-ring (bicyclic) bond motifs is 1. The van der Waals surface area contributed by atoms with E-state index in [9.17, 15) is 19.5 Å². The molecule has 2 aromatic rings. The van der Waals surface area contributed by atoms with Gasteiger partial charge in [-0.3, -0.25) is 14.4 Å². The van der Waals surface area contributed by atoms with Crippen LogP contribution in [-0.4, -0.2) is 99.6 Å². The molecule has 2 amide bonds. The highest BCUT2D eigenvalue weighted by Gasteiger charge is 2.57. The van der Waals surface area contributed by atoms with Crippen molar-refractivity contribution in [1.29, 1.82) is 0 Å². The standard InChI is InChI=1S/C17H18N10O5S3/c1-3-4-27-16(21-24-25-27)34-7-17(14(30)31)5-26-12(29)9(13(26)33-6-17)19-11(28)8(22-32-2)10-20-15(18)35-23-10/h1,9,13H,4-7H2,2H3,(H,19,28)(H,30,31)(H2,18,20,23)/t9?,13-,17?/m1/s1. The van der Waals surface area contributed by atoms with Crippen molar-refractivity contribution in [1.82, 2.24) is 39.8 Å². The summed E-state index contributed by atoms with van der Waals surface area (Å²) in [6.07, 6.45) is 5.30. The number of oxime groups is 1. The zero-order valence-corrected chi connectivity index (χ0v) is 20.5. The molecule has 0 bridgehead atoms. The molecule has 15 nitrogen and oxygen atoms in total. The van der Waals surface area contributed by atoms with E-state index in [-0.39, 0.29) is 41.3 Å². The normalized spacial score (nSPS) is 23.7. The lowest BCUT2D eigenvalue weighted by atomic mass is 9.89. The number of rotatable bonds is 9. The van der Waals surface area contributed by atoms with Gasteiger partial charge in [0, 0.05) is 29.6 Å². The van der Waals surface area contributed by atoms with E-state index < -0.39 is 34.6 Å². The van der Waals surface area contributed by atoms with Crippen molar-refractivity contribution in [3.63, 3.8) is 0 Å². The van der Waals surface area contributed by atoms with Crippen LogP contribution in [0.1, 0.15) is 5.82 Å². The van der Waals surface area contributed by atoms with Gasteiger partial charge in [0.05, 0.1) is 0 Å². The summed E-state index contributed by atoms with van der Waals surface area (Å²) in [5.41, 5.74) is 4.10. The van der Waals surface area contributed by atoms with Crippen molar-refractivity contribution < 1.29 is 24.3 Å². The van der Waals surface area contributed by atoms with Crippen molar-refractivity contribution in [2.45, 2.75) is 23.1 Å². The first-order valence-corrected chi connectivity index (χ1v) is 12.6. The molecule has 0 aromatic carbocycles. The van der Waals surface area contributed by atoms with E-state index in [1.54, 1.807) is 0 Å². The SMILES string of the molecule is C#CCn1nnnc1SCC1(C(=O)O)CS[C@@H]2C(NC(=O)C(=NOC)c3nsc(N)n3)C(=O)N2C1. The average molecular weight is 539 g/mol. The predicted molar refractivity (Wildman–Crippen MR) is 125 cm³/mol. The Balaban J connectivity index is 1.42. The zero-order chi connectivity index (χ0) is 25.2. The van der Waals surface area contributed by atoms with Crippen molar-refractivity contribution in [3.8, 4) is 12.3 Å². The average Bonchev–Trinajstić information content (AvgIpc) is 3.48. The van der Waals surface area contributed by atoms with Crippen LogP contribution in [-0.2, 0) is 25.8 Å². The minimum atomic E-state index is -1.24. The van der Waals surface area contributed by atoms with Gasteiger partial charge in [0.1, 0.15) is 30.5 Å². The van der Waals surface area contributed by atoms with Crippen LogP contribution in [0.4, 0.5) is 5.13 Å². The second-order valence-corrected chi connectivity index (χ2v) is 10.2. The zero-order valence-electron chi connectivity index (χ0n) is 18.0. The number of nitrogen functional groups attached to an aromatic ring is 1. The molecule has 2 aromatic heterocycles. The van der Waals surface area contributed by atoms with E-state index in [2.05, 4.69) is 41.3 Å². The minimum Gasteiger partial charge on any atom is -0.481 e. The number of aromatic nitrogens is 6. The number of carbonyl (C=O) groups excluding carboxylic acids is 2. The lowest BCUT2D eigenvalue weighted by Gasteiger charge is -2.53. The van der Waals surface area contributed by atoms with Crippen molar-refractivity contribution in [2.75, 3.05) is 30.9 Å².